The molecule has 7 heteroatoms. The molecule has 0 atom stereocenters. The molecular formula is C25H20BrNO3S2. The van der Waals surface area contributed by atoms with Gasteiger partial charge in [0.05, 0.1) is 17.7 Å². The zero-order valence-electron chi connectivity index (χ0n) is 17.5. The Bertz CT molecular complexity index is 1210. The van der Waals surface area contributed by atoms with Gasteiger partial charge in [-0.2, -0.15) is 0 Å². The second kappa shape index (κ2) is 9.90. The number of thiocarbonyl (C=S) groups is 1. The van der Waals surface area contributed by atoms with Crippen LogP contribution in [0, 0.1) is 6.92 Å². The molecule has 1 heterocycles. The van der Waals surface area contributed by atoms with E-state index in [1.54, 1.807) is 12.0 Å². The minimum Gasteiger partial charge on any atom is -0.493 e. The highest BCUT2D eigenvalue weighted by Crippen LogP contribution is 2.37. The molecule has 1 aliphatic heterocycles. The SMILES string of the molecule is COc1cc(/C=C2\SC(=S)N(c3ccc(Br)cc3)C2=O)ccc1OCc1ccccc1C. The number of amides is 1. The molecule has 0 unspecified atom stereocenters. The lowest BCUT2D eigenvalue weighted by Crippen LogP contribution is -2.27. The third kappa shape index (κ3) is 4.90. The summed E-state index contributed by atoms with van der Waals surface area (Å²) in [5.41, 5.74) is 3.88. The molecular weight excluding hydrogens is 506 g/mol. The van der Waals surface area contributed by atoms with E-state index in [0.717, 1.165) is 21.3 Å². The Labute approximate surface area is 205 Å². The normalized spacial score (nSPS) is 14.8. The molecule has 4 nitrogen and oxygen atoms in total. The van der Waals surface area contributed by atoms with Crippen LogP contribution < -0.4 is 14.4 Å². The highest BCUT2D eigenvalue weighted by atomic mass is 79.9. The van der Waals surface area contributed by atoms with Crippen LogP contribution >= 0.6 is 39.9 Å². The Hall–Kier alpha value is -2.61. The van der Waals surface area contributed by atoms with Crippen molar-refractivity contribution < 1.29 is 14.3 Å². The number of hydrogen-bond donors (Lipinski definition) is 0. The first-order valence-electron chi connectivity index (χ1n) is 9.85. The molecule has 0 radical (unpaired) electrons. The minimum absolute atomic E-state index is 0.138. The molecule has 0 spiro atoms. The van der Waals surface area contributed by atoms with Crippen molar-refractivity contribution in [1.29, 1.82) is 0 Å². The Kier molecular flexibility index (Phi) is 6.98. The lowest BCUT2D eigenvalue weighted by atomic mass is 10.1. The van der Waals surface area contributed by atoms with Crippen LogP contribution in [0.5, 0.6) is 11.5 Å². The summed E-state index contributed by atoms with van der Waals surface area (Å²) < 4.78 is 13.0. The van der Waals surface area contributed by atoms with Crippen molar-refractivity contribution in [3.63, 3.8) is 0 Å². The maximum Gasteiger partial charge on any atom is 0.270 e. The number of rotatable bonds is 6. The smallest absolute Gasteiger partial charge is 0.270 e. The first kappa shape index (κ1) is 22.6. The van der Waals surface area contributed by atoms with Crippen LogP contribution in [0.1, 0.15) is 16.7 Å². The topological polar surface area (TPSA) is 38.8 Å². The monoisotopic (exact) mass is 525 g/mol. The van der Waals surface area contributed by atoms with Crippen LogP contribution in [0.4, 0.5) is 5.69 Å². The van der Waals surface area contributed by atoms with Gasteiger partial charge in [-0.3, -0.25) is 9.69 Å². The molecule has 0 aromatic heterocycles. The van der Waals surface area contributed by atoms with E-state index in [4.69, 9.17) is 21.7 Å². The average Bonchev–Trinajstić information content (AvgIpc) is 3.07. The number of halogens is 1. The number of ether oxygens (including phenoxy) is 2. The lowest BCUT2D eigenvalue weighted by molar-refractivity contribution is -0.113. The number of methoxy groups -OCH3 is 1. The zero-order chi connectivity index (χ0) is 22.7. The summed E-state index contributed by atoms with van der Waals surface area (Å²) in [6.07, 6.45) is 1.83. The van der Waals surface area contributed by atoms with E-state index < -0.39 is 0 Å². The summed E-state index contributed by atoms with van der Waals surface area (Å²) >= 11 is 10.2. The maximum absolute atomic E-state index is 13.0. The standard InChI is InChI=1S/C25H20BrNO3S2/c1-16-5-3-4-6-18(16)15-30-21-12-7-17(13-22(21)29-2)14-23-24(28)27(25(31)32-23)20-10-8-19(26)9-11-20/h3-14H,15H2,1-2H3/b23-14-. The molecule has 1 fully saturated rings. The van der Waals surface area contributed by atoms with Gasteiger partial charge in [-0.05, 0) is 66.1 Å². The van der Waals surface area contributed by atoms with Crippen molar-refractivity contribution >= 4 is 61.9 Å². The Morgan fingerprint density at radius 2 is 1.81 bits per heavy atom. The zero-order valence-corrected chi connectivity index (χ0v) is 20.7. The molecule has 1 saturated heterocycles. The van der Waals surface area contributed by atoms with E-state index in [-0.39, 0.29) is 5.91 Å². The van der Waals surface area contributed by atoms with Gasteiger partial charge in [-0.15, -0.1) is 0 Å². The van der Waals surface area contributed by atoms with Crippen molar-refractivity contribution in [3.8, 4) is 11.5 Å². The van der Waals surface area contributed by atoms with E-state index in [0.29, 0.717) is 27.3 Å². The van der Waals surface area contributed by atoms with E-state index in [9.17, 15) is 4.79 Å². The number of anilines is 1. The fourth-order valence-electron chi connectivity index (χ4n) is 3.25. The van der Waals surface area contributed by atoms with Gasteiger partial charge in [0.15, 0.2) is 15.8 Å². The van der Waals surface area contributed by atoms with Gasteiger partial charge in [0.2, 0.25) is 0 Å². The van der Waals surface area contributed by atoms with E-state index in [2.05, 4.69) is 28.9 Å². The van der Waals surface area contributed by atoms with Crippen LogP contribution in [-0.2, 0) is 11.4 Å². The third-order valence-electron chi connectivity index (χ3n) is 5.01. The van der Waals surface area contributed by atoms with Crippen molar-refractivity contribution in [2.24, 2.45) is 0 Å². The highest BCUT2D eigenvalue weighted by Gasteiger charge is 2.33. The van der Waals surface area contributed by atoms with Crippen molar-refractivity contribution in [2.75, 3.05) is 12.0 Å². The Balaban J connectivity index is 1.53. The molecule has 162 valence electrons. The van der Waals surface area contributed by atoms with Gasteiger partial charge in [0.25, 0.3) is 5.91 Å². The van der Waals surface area contributed by atoms with Crippen LogP contribution in [0.15, 0.2) is 76.1 Å². The van der Waals surface area contributed by atoms with Crippen molar-refractivity contribution in [1.82, 2.24) is 0 Å². The number of nitrogens with zero attached hydrogens (tertiary/aromatic N) is 1. The molecule has 0 aliphatic carbocycles. The summed E-state index contributed by atoms with van der Waals surface area (Å²) in [4.78, 5) is 15.1. The second-order valence-corrected chi connectivity index (χ2v) is 9.71. The summed E-state index contributed by atoms with van der Waals surface area (Å²) in [6, 6.07) is 21.2. The molecule has 3 aromatic carbocycles. The minimum atomic E-state index is -0.138. The molecule has 1 amide bonds. The molecule has 32 heavy (non-hydrogen) atoms. The average molecular weight is 526 g/mol. The Morgan fingerprint density at radius 1 is 1.06 bits per heavy atom. The second-order valence-electron chi connectivity index (χ2n) is 7.12. The van der Waals surface area contributed by atoms with Crippen LogP contribution in [-0.4, -0.2) is 17.3 Å². The van der Waals surface area contributed by atoms with E-state index in [1.165, 1.54) is 17.3 Å². The Morgan fingerprint density at radius 3 is 2.53 bits per heavy atom. The number of carbonyl (C=O) groups excluding carboxylic acids is 1. The lowest BCUT2D eigenvalue weighted by Gasteiger charge is -2.14. The molecule has 0 bridgehead atoms. The summed E-state index contributed by atoms with van der Waals surface area (Å²) in [7, 11) is 1.60. The molecule has 0 saturated carbocycles. The number of carbonyl (C=O) groups is 1. The van der Waals surface area contributed by atoms with Crippen molar-refractivity contribution in [2.45, 2.75) is 13.5 Å². The summed E-state index contributed by atoms with van der Waals surface area (Å²) in [6.45, 7) is 2.51. The van der Waals surface area contributed by atoms with Gasteiger partial charge >= 0.3 is 0 Å². The summed E-state index contributed by atoms with van der Waals surface area (Å²) in [5.74, 6) is 1.12. The van der Waals surface area contributed by atoms with E-state index in [1.807, 2.05) is 66.7 Å². The quantitative estimate of drug-likeness (QED) is 0.263. The molecule has 4 rings (SSSR count). The third-order valence-corrected chi connectivity index (χ3v) is 6.84. The predicted octanol–water partition coefficient (Wildman–Crippen LogP) is 6.75. The maximum atomic E-state index is 13.0. The van der Waals surface area contributed by atoms with Gasteiger partial charge in [-0.25, -0.2) is 0 Å². The fraction of sp³-hybridized carbons (Fsp3) is 0.120. The van der Waals surface area contributed by atoms with Crippen molar-refractivity contribution in [3.05, 3.63) is 92.8 Å². The summed E-state index contributed by atoms with van der Waals surface area (Å²) in [5, 5.41) is 0. The van der Waals surface area contributed by atoms with Gasteiger partial charge in [-0.1, -0.05) is 70.2 Å². The predicted molar refractivity (Wildman–Crippen MR) is 138 cm³/mol. The fourth-order valence-corrected chi connectivity index (χ4v) is 4.82. The number of hydrogen-bond acceptors (Lipinski definition) is 5. The molecule has 0 N–H and O–H groups in total. The van der Waals surface area contributed by atoms with Crippen LogP contribution in [0.25, 0.3) is 6.08 Å². The number of thioether (sulfide) groups is 1. The van der Waals surface area contributed by atoms with E-state index >= 15 is 0 Å². The molecule has 1 aliphatic rings. The van der Waals surface area contributed by atoms with Crippen LogP contribution in [0.3, 0.4) is 0 Å². The van der Waals surface area contributed by atoms with Gasteiger partial charge < -0.3 is 9.47 Å². The first-order chi connectivity index (χ1) is 15.5. The van der Waals surface area contributed by atoms with Gasteiger partial charge in [0, 0.05) is 4.47 Å². The molecule has 3 aromatic rings. The van der Waals surface area contributed by atoms with Gasteiger partial charge in [0.1, 0.15) is 6.61 Å². The van der Waals surface area contributed by atoms with Crippen LogP contribution in [0.2, 0.25) is 0 Å². The first-order valence-corrected chi connectivity index (χ1v) is 11.9. The highest BCUT2D eigenvalue weighted by molar-refractivity contribution is 9.10. The largest absolute Gasteiger partial charge is 0.493 e. The number of aryl methyl sites for hydroxylation is 1. The number of benzene rings is 3.